The second-order valence-electron chi connectivity index (χ2n) is 7.09. The summed E-state index contributed by atoms with van der Waals surface area (Å²) in [5.74, 6) is 1.25. The molecule has 1 aromatic heterocycles. The van der Waals surface area contributed by atoms with Gasteiger partial charge < -0.3 is 19.5 Å². The van der Waals surface area contributed by atoms with Gasteiger partial charge in [-0.3, -0.25) is 0 Å². The minimum Gasteiger partial charge on any atom is -0.449 e. The number of hydrogen-bond acceptors (Lipinski definition) is 5. The minimum absolute atomic E-state index is 0.408. The van der Waals surface area contributed by atoms with Crippen molar-refractivity contribution in [3.63, 3.8) is 0 Å². The average molecular weight is 308 g/mol. The molecule has 1 saturated carbocycles. The van der Waals surface area contributed by atoms with Crippen LogP contribution in [0.4, 0.5) is 0 Å². The Bertz CT molecular complexity index is 435. The third kappa shape index (κ3) is 4.09. The highest BCUT2D eigenvalue weighted by Crippen LogP contribution is 2.32. The maximum Gasteiger partial charge on any atom is 0.197 e. The van der Waals surface area contributed by atoms with Crippen molar-refractivity contribution in [2.75, 3.05) is 19.6 Å². The smallest absolute Gasteiger partial charge is 0.197 e. The molecule has 0 radical (unpaired) electrons. The first kappa shape index (κ1) is 16.0. The normalized spacial score (nSPS) is 25.2. The van der Waals surface area contributed by atoms with Crippen LogP contribution in [0.5, 0.6) is 0 Å². The lowest BCUT2D eigenvalue weighted by atomic mass is 9.81. The number of piperidine rings is 1. The van der Waals surface area contributed by atoms with Crippen molar-refractivity contribution in [1.29, 1.82) is 0 Å². The molecule has 2 fully saturated rings. The predicted molar refractivity (Wildman–Crippen MR) is 83.6 cm³/mol. The van der Waals surface area contributed by atoms with Crippen molar-refractivity contribution >= 4 is 0 Å². The van der Waals surface area contributed by atoms with Crippen LogP contribution in [0.25, 0.3) is 0 Å². The van der Waals surface area contributed by atoms with E-state index in [9.17, 15) is 10.2 Å². The number of aliphatic hydroxyl groups is 2. The van der Waals surface area contributed by atoms with E-state index in [1.807, 2.05) is 0 Å². The van der Waals surface area contributed by atoms with Crippen LogP contribution in [0.3, 0.4) is 0 Å². The summed E-state index contributed by atoms with van der Waals surface area (Å²) in [5.41, 5.74) is -0.631. The van der Waals surface area contributed by atoms with Crippen molar-refractivity contribution < 1.29 is 14.6 Å². The number of oxazole rings is 1. The van der Waals surface area contributed by atoms with Crippen LogP contribution in [0, 0.1) is 0 Å². The molecule has 124 valence electrons. The number of aliphatic hydroxyl groups excluding tert-OH is 1. The van der Waals surface area contributed by atoms with Gasteiger partial charge in [0.15, 0.2) is 5.89 Å². The molecule has 1 atom stereocenters. The summed E-state index contributed by atoms with van der Waals surface area (Å²) in [7, 11) is 0. The molecule has 5 heteroatoms. The quantitative estimate of drug-likeness (QED) is 0.873. The zero-order valence-corrected chi connectivity index (χ0v) is 13.3. The van der Waals surface area contributed by atoms with Crippen molar-refractivity contribution in [3.8, 4) is 0 Å². The summed E-state index contributed by atoms with van der Waals surface area (Å²) in [6, 6.07) is 0. The van der Waals surface area contributed by atoms with E-state index >= 15 is 0 Å². The lowest BCUT2D eigenvalue weighted by Gasteiger charge is -2.36. The van der Waals surface area contributed by atoms with E-state index in [2.05, 4.69) is 9.88 Å². The molecule has 2 heterocycles. The molecule has 1 unspecified atom stereocenters. The summed E-state index contributed by atoms with van der Waals surface area (Å²) in [6.45, 7) is 2.59. The molecule has 1 aliphatic carbocycles. The van der Waals surface area contributed by atoms with Crippen LogP contribution in [0.15, 0.2) is 16.9 Å². The van der Waals surface area contributed by atoms with Crippen LogP contribution >= 0.6 is 0 Å². The summed E-state index contributed by atoms with van der Waals surface area (Å²) >= 11 is 0. The van der Waals surface area contributed by atoms with Crippen LogP contribution in [-0.4, -0.2) is 51.4 Å². The zero-order chi connectivity index (χ0) is 15.4. The van der Waals surface area contributed by atoms with Crippen molar-refractivity contribution in [3.05, 3.63) is 18.4 Å². The second-order valence-corrected chi connectivity index (χ2v) is 7.09. The Balaban J connectivity index is 1.42. The third-order valence-corrected chi connectivity index (χ3v) is 5.26. The lowest BCUT2D eigenvalue weighted by Crippen LogP contribution is -2.42. The SMILES string of the molecule is OC(CN1CCC(c2ncco2)CC1)CC1(O)CCCCC1. The van der Waals surface area contributed by atoms with Gasteiger partial charge in [-0.15, -0.1) is 0 Å². The first-order valence-electron chi connectivity index (χ1n) is 8.67. The molecule has 5 nitrogen and oxygen atoms in total. The van der Waals surface area contributed by atoms with E-state index in [-0.39, 0.29) is 0 Å². The molecule has 0 bridgehead atoms. The summed E-state index contributed by atoms with van der Waals surface area (Å²) in [5, 5.41) is 20.9. The van der Waals surface area contributed by atoms with Gasteiger partial charge in [-0.1, -0.05) is 19.3 Å². The Hall–Kier alpha value is -0.910. The van der Waals surface area contributed by atoms with E-state index in [1.165, 1.54) is 6.42 Å². The van der Waals surface area contributed by atoms with Crippen molar-refractivity contribution in [1.82, 2.24) is 9.88 Å². The van der Waals surface area contributed by atoms with Gasteiger partial charge >= 0.3 is 0 Å². The molecule has 1 saturated heterocycles. The molecule has 3 rings (SSSR count). The number of nitrogens with zero attached hydrogens (tertiary/aromatic N) is 2. The number of hydrogen-bond donors (Lipinski definition) is 2. The Morgan fingerprint density at radius 3 is 2.64 bits per heavy atom. The number of aromatic nitrogens is 1. The van der Waals surface area contributed by atoms with E-state index in [1.54, 1.807) is 12.5 Å². The Morgan fingerprint density at radius 2 is 2.00 bits per heavy atom. The highest BCUT2D eigenvalue weighted by Gasteiger charge is 2.32. The van der Waals surface area contributed by atoms with Gasteiger partial charge in [0, 0.05) is 18.9 Å². The molecule has 0 amide bonds. The Morgan fingerprint density at radius 1 is 1.27 bits per heavy atom. The van der Waals surface area contributed by atoms with Crippen LogP contribution in [0.1, 0.15) is 63.2 Å². The van der Waals surface area contributed by atoms with Gasteiger partial charge in [0.2, 0.25) is 0 Å². The lowest BCUT2D eigenvalue weighted by molar-refractivity contribution is -0.0452. The summed E-state index contributed by atoms with van der Waals surface area (Å²) < 4.78 is 5.39. The second kappa shape index (κ2) is 7.11. The van der Waals surface area contributed by atoms with Gasteiger partial charge in [0.25, 0.3) is 0 Å². The minimum atomic E-state index is -0.631. The monoisotopic (exact) mass is 308 g/mol. The van der Waals surface area contributed by atoms with E-state index in [0.29, 0.717) is 18.9 Å². The van der Waals surface area contributed by atoms with Gasteiger partial charge in [0.1, 0.15) is 6.26 Å². The topological polar surface area (TPSA) is 69.7 Å². The predicted octanol–water partition coefficient (Wildman–Crippen LogP) is 2.30. The molecule has 22 heavy (non-hydrogen) atoms. The fraction of sp³-hybridized carbons (Fsp3) is 0.824. The first-order valence-corrected chi connectivity index (χ1v) is 8.67. The number of likely N-dealkylation sites (tertiary alicyclic amines) is 1. The largest absolute Gasteiger partial charge is 0.449 e. The van der Waals surface area contributed by atoms with Crippen LogP contribution in [0.2, 0.25) is 0 Å². The van der Waals surface area contributed by atoms with Crippen molar-refractivity contribution in [2.45, 2.75) is 69.0 Å². The third-order valence-electron chi connectivity index (χ3n) is 5.26. The standard InChI is InChI=1S/C17H28N2O3/c20-15(12-17(21)6-2-1-3-7-17)13-19-9-4-14(5-10-19)16-18-8-11-22-16/h8,11,14-15,20-21H,1-7,9-10,12-13H2. The Labute approximate surface area is 132 Å². The fourth-order valence-electron chi connectivity index (χ4n) is 4.01. The van der Waals surface area contributed by atoms with E-state index in [0.717, 1.165) is 57.5 Å². The average Bonchev–Trinajstić information content (AvgIpc) is 3.02. The summed E-state index contributed by atoms with van der Waals surface area (Å²) in [4.78, 5) is 6.55. The van der Waals surface area contributed by atoms with Gasteiger partial charge in [-0.05, 0) is 38.8 Å². The first-order chi connectivity index (χ1) is 10.6. The number of rotatable bonds is 5. The van der Waals surface area contributed by atoms with Gasteiger partial charge in [-0.2, -0.15) is 0 Å². The fourth-order valence-corrected chi connectivity index (χ4v) is 4.01. The van der Waals surface area contributed by atoms with E-state index < -0.39 is 11.7 Å². The maximum atomic E-state index is 10.5. The van der Waals surface area contributed by atoms with Crippen molar-refractivity contribution in [2.24, 2.45) is 0 Å². The van der Waals surface area contributed by atoms with Gasteiger partial charge in [-0.25, -0.2) is 4.98 Å². The summed E-state index contributed by atoms with van der Waals surface area (Å²) in [6.07, 6.45) is 10.6. The molecule has 2 aliphatic rings. The maximum absolute atomic E-state index is 10.5. The molecular weight excluding hydrogens is 280 g/mol. The molecular formula is C17H28N2O3. The molecule has 1 aromatic rings. The van der Waals surface area contributed by atoms with Crippen LogP contribution < -0.4 is 0 Å². The highest BCUT2D eigenvalue weighted by atomic mass is 16.3. The Kier molecular flexibility index (Phi) is 5.16. The van der Waals surface area contributed by atoms with Crippen LogP contribution in [-0.2, 0) is 0 Å². The molecule has 0 spiro atoms. The number of β-amino-alcohol motifs (C(OH)–C–C–N with tert-alkyl or cyclic N) is 1. The molecule has 2 N–H and O–H groups in total. The van der Waals surface area contributed by atoms with Gasteiger partial charge in [0.05, 0.1) is 17.9 Å². The van der Waals surface area contributed by atoms with E-state index in [4.69, 9.17) is 4.42 Å². The molecule has 0 aromatic carbocycles. The highest BCUT2D eigenvalue weighted by molar-refractivity contribution is 4.95. The zero-order valence-electron chi connectivity index (χ0n) is 13.3. The molecule has 1 aliphatic heterocycles.